The minimum Gasteiger partial charge on any atom is -0.390 e. The van der Waals surface area contributed by atoms with E-state index in [0.29, 0.717) is 5.69 Å². The van der Waals surface area contributed by atoms with Gasteiger partial charge in [-0.25, -0.2) is 4.68 Å². The Bertz CT molecular complexity index is 600. The Balaban J connectivity index is 1.84. The van der Waals surface area contributed by atoms with Crippen LogP contribution in [0.25, 0.3) is 5.69 Å². The van der Waals surface area contributed by atoms with E-state index in [-0.39, 0.29) is 6.61 Å². The van der Waals surface area contributed by atoms with Crippen molar-refractivity contribution in [1.82, 2.24) is 15.0 Å². The Morgan fingerprint density at radius 2 is 1.73 bits per heavy atom. The normalized spacial score (nSPS) is 15.3. The quantitative estimate of drug-likeness (QED) is 0.922. The van der Waals surface area contributed by atoms with Gasteiger partial charge in [-0.2, -0.15) is 0 Å². The van der Waals surface area contributed by atoms with Gasteiger partial charge in [0.1, 0.15) is 5.69 Å². The SMILES string of the molecule is CCCc1c(CO)nnn1-c1ccc(N2CCCCC2)cc1. The van der Waals surface area contributed by atoms with Crippen molar-refractivity contribution in [3.63, 3.8) is 0 Å². The van der Waals surface area contributed by atoms with Crippen LogP contribution in [-0.2, 0) is 13.0 Å². The van der Waals surface area contributed by atoms with Gasteiger partial charge < -0.3 is 10.0 Å². The van der Waals surface area contributed by atoms with E-state index < -0.39 is 0 Å². The van der Waals surface area contributed by atoms with Gasteiger partial charge in [-0.3, -0.25) is 0 Å². The molecule has 0 radical (unpaired) electrons. The molecular formula is C17H24N4O. The van der Waals surface area contributed by atoms with Crippen molar-refractivity contribution in [2.45, 2.75) is 45.6 Å². The monoisotopic (exact) mass is 300 g/mol. The highest BCUT2D eigenvalue weighted by molar-refractivity contribution is 5.51. The van der Waals surface area contributed by atoms with Gasteiger partial charge in [-0.1, -0.05) is 18.6 Å². The standard InChI is InChI=1S/C17H24N4O/c1-2-6-17-16(13-22)18-19-21(17)15-9-7-14(8-10-15)20-11-4-3-5-12-20/h7-10,22H,2-6,11-13H2,1H3. The molecule has 2 aromatic rings. The van der Waals surface area contributed by atoms with Crippen LogP contribution in [0.5, 0.6) is 0 Å². The maximum atomic E-state index is 9.40. The van der Waals surface area contributed by atoms with E-state index >= 15 is 0 Å². The third kappa shape index (κ3) is 2.99. The molecule has 1 fully saturated rings. The van der Waals surface area contributed by atoms with Gasteiger partial charge in [-0.15, -0.1) is 5.10 Å². The lowest BCUT2D eigenvalue weighted by Gasteiger charge is -2.28. The first-order chi connectivity index (χ1) is 10.8. The second kappa shape index (κ2) is 6.92. The summed E-state index contributed by atoms with van der Waals surface area (Å²) in [7, 11) is 0. The summed E-state index contributed by atoms with van der Waals surface area (Å²) in [5.41, 5.74) is 3.98. The predicted octanol–water partition coefficient (Wildman–Crippen LogP) is 2.70. The van der Waals surface area contributed by atoms with Crippen LogP contribution >= 0.6 is 0 Å². The van der Waals surface area contributed by atoms with Crippen molar-refractivity contribution in [2.24, 2.45) is 0 Å². The molecule has 5 heteroatoms. The van der Waals surface area contributed by atoms with E-state index in [1.54, 1.807) is 0 Å². The van der Waals surface area contributed by atoms with E-state index in [4.69, 9.17) is 0 Å². The number of aliphatic hydroxyl groups excluding tert-OH is 1. The summed E-state index contributed by atoms with van der Waals surface area (Å²) in [5.74, 6) is 0. The Morgan fingerprint density at radius 3 is 2.36 bits per heavy atom. The average molecular weight is 300 g/mol. The first-order valence-electron chi connectivity index (χ1n) is 8.23. The third-order valence-corrected chi connectivity index (χ3v) is 4.30. The molecule has 0 spiro atoms. The summed E-state index contributed by atoms with van der Waals surface area (Å²) in [6, 6.07) is 8.52. The summed E-state index contributed by atoms with van der Waals surface area (Å²) >= 11 is 0. The van der Waals surface area contributed by atoms with Crippen molar-refractivity contribution in [2.75, 3.05) is 18.0 Å². The number of hydrogen-bond donors (Lipinski definition) is 1. The molecule has 22 heavy (non-hydrogen) atoms. The topological polar surface area (TPSA) is 54.2 Å². The molecule has 1 saturated heterocycles. The Labute approximate surface area is 131 Å². The number of benzene rings is 1. The Morgan fingerprint density at radius 1 is 1.05 bits per heavy atom. The van der Waals surface area contributed by atoms with Crippen molar-refractivity contribution < 1.29 is 5.11 Å². The fourth-order valence-corrected chi connectivity index (χ4v) is 3.11. The number of aliphatic hydroxyl groups is 1. The van der Waals surface area contributed by atoms with Crippen LogP contribution in [-0.4, -0.2) is 33.2 Å². The van der Waals surface area contributed by atoms with Crippen molar-refractivity contribution in [3.8, 4) is 5.69 Å². The number of aromatic nitrogens is 3. The lowest BCUT2D eigenvalue weighted by Crippen LogP contribution is -2.29. The molecule has 1 aliphatic heterocycles. The number of nitrogens with zero attached hydrogens (tertiary/aromatic N) is 4. The number of anilines is 1. The first-order valence-corrected chi connectivity index (χ1v) is 8.23. The highest BCUT2D eigenvalue weighted by Crippen LogP contribution is 2.22. The Kier molecular flexibility index (Phi) is 4.73. The van der Waals surface area contributed by atoms with Crippen LogP contribution in [0.15, 0.2) is 24.3 Å². The molecule has 3 rings (SSSR count). The minimum absolute atomic E-state index is 0.0544. The van der Waals surface area contributed by atoms with Crippen molar-refractivity contribution in [1.29, 1.82) is 0 Å². The summed E-state index contributed by atoms with van der Waals surface area (Å²) in [6.07, 6.45) is 5.79. The molecule has 2 heterocycles. The first kappa shape index (κ1) is 15.0. The summed E-state index contributed by atoms with van der Waals surface area (Å²) < 4.78 is 1.86. The van der Waals surface area contributed by atoms with E-state index in [1.165, 1.54) is 24.9 Å². The third-order valence-electron chi connectivity index (χ3n) is 4.30. The van der Waals surface area contributed by atoms with Crippen LogP contribution < -0.4 is 4.90 Å². The Hall–Kier alpha value is -1.88. The molecule has 0 bridgehead atoms. The van der Waals surface area contributed by atoms with Gasteiger partial charge >= 0.3 is 0 Å². The molecule has 0 saturated carbocycles. The molecule has 1 N–H and O–H groups in total. The number of rotatable bonds is 5. The number of piperidine rings is 1. The summed E-state index contributed by atoms with van der Waals surface area (Å²) in [5, 5.41) is 17.7. The average Bonchev–Trinajstić information content (AvgIpc) is 2.99. The van der Waals surface area contributed by atoms with E-state index in [9.17, 15) is 5.11 Å². The maximum Gasteiger partial charge on any atom is 0.112 e. The summed E-state index contributed by atoms with van der Waals surface area (Å²) in [4.78, 5) is 2.45. The van der Waals surface area contributed by atoms with Gasteiger partial charge in [0, 0.05) is 18.8 Å². The minimum atomic E-state index is -0.0544. The zero-order valence-corrected chi connectivity index (χ0v) is 13.2. The van der Waals surface area contributed by atoms with E-state index in [0.717, 1.165) is 37.3 Å². The van der Waals surface area contributed by atoms with Crippen LogP contribution in [0, 0.1) is 0 Å². The molecule has 118 valence electrons. The molecule has 0 aliphatic carbocycles. The van der Waals surface area contributed by atoms with Crippen LogP contribution in [0.4, 0.5) is 5.69 Å². The largest absolute Gasteiger partial charge is 0.390 e. The van der Waals surface area contributed by atoms with Crippen LogP contribution in [0.1, 0.15) is 44.0 Å². The van der Waals surface area contributed by atoms with Gasteiger partial charge in [0.25, 0.3) is 0 Å². The zero-order valence-electron chi connectivity index (χ0n) is 13.2. The molecular weight excluding hydrogens is 276 g/mol. The molecule has 0 unspecified atom stereocenters. The van der Waals surface area contributed by atoms with Crippen molar-refractivity contribution in [3.05, 3.63) is 35.7 Å². The van der Waals surface area contributed by atoms with Gasteiger partial charge in [0.2, 0.25) is 0 Å². The molecule has 1 aromatic carbocycles. The van der Waals surface area contributed by atoms with Gasteiger partial charge in [-0.05, 0) is 49.9 Å². The fraction of sp³-hybridized carbons (Fsp3) is 0.529. The molecule has 5 nitrogen and oxygen atoms in total. The van der Waals surface area contributed by atoms with E-state index in [1.807, 2.05) is 4.68 Å². The molecule has 1 aromatic heterocycles. The maximum absolute atomic E-state index is 9.40. The zero-order chi connectivity index (χ0) is 15.4. The van der Waals surface area contributed by atoms with Gasteiger partial charge in [0.05, 0.1) is 18.0 Å². The highest BCUT2D eigenvalue weighted by atomic mass is 16.3. The molecule has 0 atom stereocenters. The second-order valence-corrected chi connectivity index (χ2v) is 5.87. The highest BCUT2D eigenvalue weighted by Gasteiger charge is 2.14. The predicted molar refractivity (Wildman–Crippen MR) is 87.3 cm³/mol. The summed E-state index contributed by atoms with van der Waals surface area (Å²) in [6.45, 7) is 4.37. The molecule has 1 aliphatic rings. The lowest BCUT2D eigenvalue weighted by molar-refractivity contribution is 0.275. The van der Waals surface area contributed by atoms with E-state index in [2.05, 4.69) is 46.4 Å². The number of hydrogen-bond acceptors (Lipinski definition) is 4. The van der Waals surface area contributed by atoms with Gasteiger partial charge in [0.15, 0.2) is 0 Å². The smallest absolute Gasteiger partial charge is 0.112 e. The second-order valence-electron chi connectivity index (χ2n) is 5.87. The van der Waals surface area contributed by atoms with Crippen LogP contribution in [0.3, 0.4) is 0 Å². The van der Waals surface area contributed by atoms with Crippen molar-refractivity contribution >= 4 is 5.69 Å². The van der Waals surface area contributed by atoms with Crippen LogP contribution in [0.2, 0.25) is 0 Å². The fourth-order valence-electron chi connectivity index (χ4n) is 3.11. The lowest BCUT2D eigenvalue weighted by atomic mass is 10.1. The molecule has 0 amide bonds.